The van der Waals surface area contributed by atoms with E-state index in [0.29, 0.717) is 58.5 Å². The van der Waals surface area contributed by atoms with Gasteiger partial charge >= 0.3 is 0 Å². The van der Waals surface area contributed by atoms with Crippen molar-refractivity contribution in [3.63, 3.8) is 0 Å². The highest BCUT2D eigenvalue weighted by atomic mass is 35.5. The fourth-order valence-corrected chi connectivity index (χ4v) is 7.40. The fourth-order valence-electron chi connectivity index (χ4n) is 6.88. The van der Waals surface area contributed by atoms with Gasteiger partial charge in [-0.3, -0.25) is 9.88 Å². The van der Waals surface area contributed by atoms with E-state index in [0.717, 1.165) is 78.7 Å². The molecule has 0 amide bonds. The molecule has 2 fully saturated rings. The Kier molecular flexibility index (Phi) is 13.9. The Morgan fingerprint density at radius 2 is 1.69 bits per heavy atom. The van der Waals surface area contributed by atoms with Gasteiger partial charge in [-0.05, 0) is 80.3 Å². The number of halogens is 2. The summed E-state index contributed by atoms with van der Waals surface area (Å²) in [5.74, 6) is 2.11. The molecule has 10 nitrogen and oxygen atoms in total. The lowest BCUT2D eigenvalue weighted by molar-refractivity contribution is -0.00914. The SMILES string of the molecule is Cc1c(COc2cc(OCc3cncc(C#N)c3)c(CN(CC3CC3)C(C)(CO)CO)cc2Cl)cccc1-c1cccc(OCCCN2CCC(O)C2)c1Cl. The molecular weight excluding hydrogens is 739 g/mol. The van der Waals surface area contributed by atoms with Crippen LogP contribution in [-0.2, 0) is 19.8 Å². The molecule has 3 aromatic carbocycles. The Hall–Kier alpha value is -3.92. The molecule has 0 spiro atoms. The molecule has 6 rings (SSSR count). The second-order valence-corrected chi connectivity index (χ2v) is 15.7. The van der Waals surface area contributed by atoms with Gasteiger partial charge < -0.3 is 34.4 Å². The summed E-state index contributed by atoms with van der Waals surface area (Å²) in [6, 6.07) is 19.3. The van der Waals surface area contributed by atoms with Crippen LogP contribution >= 0.6 is 23.2 Å². The molecule has 1 aliphatic heterocycles. The van der Waals surface area contributed by atoms with E-state index in [-0.39, 0.29) is 32.5 Å². The van der Waals surface area contributed by atoms with E-state index in [1.54, 1.807) is 18.3 Å². The quantitative estimate of drug-likeness (QED) is 0.0840. The third-order valence-corrected chi connectivity index (χ3v) is 11.3. The standard InChI is InChI=1S/C43H50Cl2N4O6/c1-29-33(6-3-7-36(29)37-8-4-9-39(42(37)45)53-15-5-13-48-14-12-35(52)24-48)26-55-41-18-40(54-25-32-16-31(19-46)20-47-21-32)34(17-38(41)44)23-49(22-30-10-11-30)43(2,27-50)28-51/h3-4,6-9,16-18,20-21,30,35,50-52H,5,10-15,22-28H2,1-2H3. The Balaban J connectivity index is 1.20. The summed E-state index contributed by atoms with van der Waals surface area (Å²) >= 11 is 13.9. The van der Waals surface area contributed by atoms with Crippen LogP contribution in [0.4, 0.5) is 0 Å². The van der Waals surface area contributed by atoms with Crippen molar-refractivity contribution < 1.29 is 29.5 Å². The molecule has 4 aromatic rings. The summed E-state index contributed by atoms with van der Waals surface area (Å²) in [7, 11) is 0. The first kappa shape index (κ1) is 40.7. The van der Waals surface area contributed by atoms with Crippen LogP contribution in [-0.4, -0.2) is 87.7 Å². The van der Waals surface area contributed by atoms with E-state index in [9.17, 15) is 20.6 Å². The molecule has 292 valence electrons. The molecule has 12 heteroatoms. The van der Waals surface area contributed by atoms with Crippen LogP contribution in [0.2, 0.25) is 10.0 Å². The molecule has 3 N–H and O–H groups in total. The smallest absolute Gasteiger partial charge is 0.142 e. The van der Waals surface area contributed by atoms with E-state index >= 15 is 0 Å². The lowest BCUT2D eigenvalue weighted by Gasteiger charge is -2.39. The van der Waals surface area contributed by atoms with Crippen molar-refractivity contribution in [3.8, 4) is 34.4 Å². The highest BCUT2D eigenvalue weighted by Crippen LogP contribution is 2.40. The normalized spacial score (nSPS) is 16.0. The zero-order chi connectivity index (χ0) is 39.0. The predicted molar refractivity (Wildman–Crippen MR) is 214 cm³/mol. The van der Waals surface area contributed by atoms with Gasteiger partial charge in [0.25, 0.3) is 0 Å². The molecule has 1 saturated carbocycles. The van der Waals surface area contributed by atoms with Gasteiger partial charge in [-0.1, -0.05) is 53.5 Å². The number of benzene rings is 3. The minimum Gasteiger partial charge on any atom is -0.492 e. The summed E-state index contributed by atoms with van der Waals surface area (Å²) in [5.41, 5.74) is 4.89. The van der Waals surface area contributed by atoms with Crippen molar-refractivity contribution in [2.45, 2.75) is 70.9 Å². The van der Waals surface area contributed by atoms with Gasteiger partial charge in [-0.2, -0.15) is 5.26 Å². The van der Waals surface area contributed by atoms with Gasteiger partial charge in [-0.25, -0.2) is 0 Å². The molecule has 0 radical (unpaired) electrons. The van der Waals surface area contributed by atoms with Crippen molar-refractivity contribution in [2.75, 3.05) is 46.0 Å². The van der Waals surface area contributed by atoms with E-state index < -0.39 is 5.54 Å². The zero-order valence-corrected chi connectivity index (χ0v) is 33.0. The van der Waals surface area contributed by atoms with Crippen LogP contribution in [0.15, 0.2) is 67.0 Å². The molecule has 2 heterocycles. The second kappa shape index (κ2) is 18.8. The maximum absolute atomic E-state index is 10.3. The number of pyridine rings is 1. The molecule has 2 aliphatic rings. The van der Waals surface area contributed by atoms with E-state index in [1.807, 2.05) is 56.3 Å². The predicted octanol–water partition coefficient (Wildman–Crippen LogP) is 7.18. The molecule has 1 atom stereocenters. The summed E-state index contributed by atoms with van der Waals surface area (Å²) < 4.78 is 18.9. The van der Waals surface area contributed by atoms with Gasteiger partial charge in [0.2, 0.25) is 0 Å². The number of nitriles is 1. The van der Waals surface area contributed by atoms with Crippen molar-refractivity contribution in [1.82, 2.24) is 14.8 Å². The molecule has 1 aliphatic carbocycles. The van der Waals surface area contributed by atoms with Crippen molar-refractivity contribution in [1.29, 1.82) is 5.26 Å². The number of aliphatic hydroxyl groups excluding tert-OH is 3. The maximum atomic E-state index is 10.3. The molecular formula is C43H50Cl2N4O6. The van der Waals surface area contributed by atoms with Crippen LogP contribution in [0, 0.1) is 24.2 Å². The van der Waals surface area contributed by atoms with Gasteiger partial charge in [-0.15, -0.1) is 0 Å². The first-order valence-corrected chi connectivity index (χ1v) is 19.7. The number of β-amino-alcohol motifs (C(OH)–C–C–N with tert-alkyl or cyclic N) is 1. The zero-order valence-electron chi connectivity index (χ0n) is 31.5. The summed E-state index contributed by atoms with van der Waals surface area (Å²) in [6.45, 7) is 7.99. The average molecular weight is 790 g/mol. The summed E-state index contributed by atoms with van der Waals surface area (Å²) in [5, 5.41) is 40.8. The molecule has 1 saturated heterocycles. The maximum Gasteiger partial charge on any atom is 0.142 e. The van der Waals surface area contributed by atoms with E-state index in [1.165, 1.54) is 6.20 Å². The number of aliphatic hydroxyl groups is 3. The topological polar surface area (TPSA) is 132 Å². The van der Waals surface area contributed by atoms with Crippen LogP contribution < -0.4 is 14.2 Å². The number of rotatable bonds is 19. The van der Waals surface area contributed by atoms with Crippen LogP contribution in [0.3, 0.4) is 0 Å². The Morgan fingerprint density at radius 1 is 0.927 bits per heavy atom. The highest BCUT2D eigenvalue weighted by molar-refractivity contribution is 6.35. The minimum absolute atomic E-state index is 0.157. The molecule has 0 bridgehead atoms. The van der Waals surface area contributed by atoms with Crippen LogP contribution in [0.5, 0.6) is 17.2 Å². The van der Waals surface area contributed by atoms with Gasteiger partial charge in [0.15, 0.2) is 0 Å². The van der Waals surface area contributed by atoms with Crippen molar-refractivity contribution in [2.24, 2.45) is 5.92 Å². The number of likely N-dealkylation sites (tertiary alicyclic amines) is 1. The second-order valence-electron chi connectivity index (χ2n) is 15.0. The third-order valence-electron chi connectivity index (χ3n) is 10.6. The minimum atomic E-state index is -0.845. The van der Waals surface area contributed by atoms with Crippen molar-refractivity contribution >= 4 is 23.2 Å². The Labute approximate surface area is 333 Å². The highest BCUT2D eigenvalue weighted by Gasteiger charge is 2.36. The first-order valence-electron chi connectivity index (χ1n) is 18.9. The largest absolute Gasteiger partial charge is 0.492 e. The van der Waals surface area contributed by atoms with E-state index in [4.69, 9.17) is 37.4 Å². The molecule has 1 aromatic heterocycles. The number of aromatic nitrogens is 1. The van der Waals surface area contributed by atoms with Crippen LogP contribution in [0.25, 0.3) is 11.1 Å². The van der Waals surface area contributed by atoms with Crippen molar-refractivity contribution in [3.05, 3.63) is 105 Å². The Morgan fingerprint density at radius 3 is 2.42 bits per heavy atom. The fraction of sp³-hybridized carbons (Fsp3) is 0.442. The van der Waals surface area contributed by atoms with E-state index in [2.05, 4.69) is 20.9 Å². The molecule has 55 heavy (non-hydrogen) atoms. The van der Waals surface area contributed by atoms with Gasteiger partial charge in [0, 0.05) is 67.9 Å². The van der Waals surface area contributed by atoms with Crippen LogP contribution in [0.1, 0.15) is 60.4 Å². The lowest BCUT2D eigenvalue weighted by Crippen LogP contribution is -2.52. The number of nitrogens with zero attached hydrogens (tertiary/aromatic N) is 4. The monoisotopic (exact) mass is 788 g/mol. The molecule has 1 unspecified atom stereocenters. The van der Waals surface area contributed by atoms with Gasteiger partial charge in [0.05, 0.1) is 47.1 Å². The first-order chi connectivity index (χ1) is 26.6. The number of hydrogen-bond acceptors (Lipinski definition) is 10. The number of hydrogen-bond donors (Lipinski definition) is 3. The third kappa shape index (κ3) is 10.5. The van der Waals surface area contributed by atoms with Gasteiger partial charge in [0.1, 0.15) is 36.5 Å². The number of ether oxygens (including phenoxy) is 3. The summed E-state index contributed by atoms with van der Waals surface area (Å²) in [6.07, 6.45) is 6.82. The summed E-state index contributed by atoms with van der Waals surface area (Å²) in [4.78, 5) is 8.52. The lowest BCUT2D eigenvalue weighted by atomic mass is 9.96. The average Bonchev–Trinajstić information content (AvgIpc) is 3.93. The Bertz CT molecular complexity index is 1960.